The summed E-state index contributed by atoms with van der Waals surface area (Å²) < 4.78 is 5.93. The quantitative estimate of drug-likeness (QED) is 0.439. The highest BCUT2D eigenvalue weighted by Crippen LogP contribution is 2.45. The summed E-state index contributed by atoms with van der Waals surface area (Å²) in [5.41, 5.74) is 0. The van der Waals surface area contributed by atoms with Gasteiger partial charge in [-0.05, 0) is 31.8 Å². The fraction of sp³-hybridized carbons (Fsp3) is 0.650. The van der Waals surface area contributed by atoms with Crippen molar-refractivity contribution >= 4 is 5.97 Å². The molecule has 5 unspecified atom stereocenters. The molecule has 1 heterocycles. The number of rotatable bonds is 9. The normalized spacial score (nSPS) is 31.7. The van der Waals surface area contributed by atoms with Crippen LogP contribution in [0.2, 0.25) is 0 Å². The largest absolute Gasteiger partial charge is 0.495 e. The van der Waals surface area contributed by atoms with E-state index in [1.165, 1.54) is 0 Å². The zero-order valence-electron chi connectivity index (χ0n) is 14.9. The number of carboxylic acid groups (broad SMARTS) is 1. The van der Waals surface area contributed by atoms with Crippen molar-refractivity contribution < 1.29 is 24.9 Å². The Hall–Kier alpha value is -1.59. The van der Waals surface area contributed by atoms with Gasteiger partial charge in [0.25, 0.3) is 0 Å². The number of unbranched alkanes of at least 4 members (excludes halogenated alkanes) is 1. The maximum absolute atomic E-state index is 10.5. The summed E-state index contributed by atoms with van der Waals surface area (Å²) in [4.78, 5) is 10.5. The fourth-order valence-electron chi connectivity index (χ4n) is 3.64. The van der Waals surface area contributed by atoms with Crippen LogP contribution in [0, 0.1) is 11.8 Å². The van der Waals surface area contributed by atoms with Crippen LogP contribution in [0.15, 0.2) is 36.1 Å². The van der Waals surface area contributed by atoms with Gasteiger partial charge in [0.15, 0.2) is 0 Å². The van der Waals surface area contributed by atoms with Crippen LogP contribution in [0.1, 0.15) is 51.9 Å². The van der Waals surface area contributed by atoms with Gasteiger partial charge in [-0.3, -0.25) is 4.79 Å². The Morgan fingerprint density at radius 3 is 2.92 bits per heavy atom. The molecular weight excluding hydrogens is 320 g/mol. The molecule has 1 aliphatic carbocycles. The van der Waals surface area contributed by atoms with Crippen LogP contribution < -0.4 is 0 Å². The standard InChI is InChI=1S/C20H30O5/c1-2-3-4-7-14(21)10-11-16-17-12-15(8-5-6-9-20(23)24)25-19(17)13-18(16)22/h3-4,8,10-11,14,16-19,21-22H,2,5-7,9,12-13H2,1H3,(H,23,24)/b4-3+,11-10+,15-8-. The summed E-state index contributed by atoms with van der Waals surface area (Å²) in [5, 5.41) is 28.9. The van der Waals surface area contributed by atoms with E-state index in [9.17, 15) is 15.0 Å². The van der Waals surface area contributed by atoms with Crippen LogP contribution >= 0.6 is 0 Å². The van der Waals surface area contributed by atoms with Crippen LogP contribution in [-0.2, 0) is 9.53 Å². The minimum atomic E-state index is -0.775. The Labute approximate surface area is 149 Å². The van der Waals surface area contributed by atoms with Crippen molar-refractivity contribution in [1.29, 1.82) is 0 Å². The highest BCUT2D eigenvalue weighted by molar-refractivity contribution is 5.66. The van der Waals surface area contributed by atoms with Crippen LogP contribution in [0.3, 0.4) is 0 Å². The van der Waals surface area contributed by atoms with Crippen LogP contribution in [0.5, 0.6) is 0 Å². The summed E-state index contributed by atoms with van der Waals surface area (Å²) in [6.45, 7) is 2.06. The fourth-order valence-corrected chi connectivity index (χ4v) is 3.64. The van der Waals surface area contributed by atoms with Crippen molar-refractivity contribution in [3.05, 3.63) is 36.1 Å². The molecule has 140 valence electrons. The number of aliphatic carboxylic acids is 1. The Kier molecular flexibility index (Phi) is 7.72. The van der Waals surface area contributed by atoms with Gasteiger partial charge in [0.05, 0.1) is 18.0 Å². The van der Waals surface area contributed by atoms with Crippen molar-refractivity contribution in [2.24, 2.45) is 11.8 Å². The van der Waals surface area contributed by atoms with Crippen LogP contribution in [0.25, 0.3) is 0 Å². The summed E-state index contributed by atoms with van der Waals surface area (Å²) in [5.74, 6) is 0.371. The number of aliphatic hydroxyl groups is 2. The number of aliphatic hydroxyl groups excluding tert-OH is 2. The predicted molar refractivity (Wildman–Crippen MR) is 95.9 cm³/mol. The molecule has 0 amide bonds. The number of fused-ring (bicyclic) bond motifs is 1. The maximum atomic E-state index is 10.5. The molecule has 0 bridgehead atoms. The minimum Gasteiger partial charge on any atom is -0.495 e. The van der Waals surface area contributed by atoms with Gasteiger partial charge in [0.1, 0.15) is 6.10 Å². The number of ether oxygens (including phenoxy) is 1. The van der Waals surface area contributed by atoms with Gasteiger partial charge in [-0.15, -0.1) is 0 Å². The number of allylic oxidation sites excluding steroid dienone is 3. The van der Waals surface area contributed by atoms with Gasteiger partial charge >= 0.3 is 5.97 Å². The zero-order chi connectivity index (χ0) is 18.2. The predicted octanol–water partition coefficient (Wildman–Crippen LogP) is 3.18. The second kappa shape index (κ2) is 9.78. The topological polar surface area (TPSA) is 87.0 Å². The SMILES string of the molecule is CC/C=C/CC(O)/C=C/C1C(O)CC2O/C(=C\CCCC(=O)O)CC21. The van der Waals surface area contributed by atoms with E-state index in [-0.39, 0.29) is 24.4 Å². The van der Waals surface area contributed by atoms with E-state index in [0.717, 1.165) is 18.6 Å². The minimum absolute atomic E-state index is 0.000255. The zero-order valence-corrected chi connectivity index (χ0v) is 14.9. The molecule has 2 rings (SSSR count). The van der Waals surface area contributed by atoms with E-state index in [2.05, 4.69) is 6.92 Å². The number of hydrogen-bond acceptors (Lipinski definition) is 4. The Morgan fingerprint density at radius 2 is 2.20 bits per heavy atom. The second-order valence-electron chi connectivity index (χ2n) is 6.93. The van der Waals surface area contributed by atoms with Gasteiger partial charge in [0, 0.05) is 31.1 Å². The Bertz CT molecular complexity index is 522. The summed E-state index contributed by atoms with van der Waals surface area (Å²) in [7, 11) is 0. The highest BCUT2D eigenvalue weighted by atomic mass is 16.5. The third-order valence-corrected chi connectivity index (χ3v) is 4.93. The molecule has 0 radical (unpaired) electrons. The van der Waals surface area contributed by atoms with Crippen molar-refractivity contribution in [2.75, 3.05) is 0 Å². The van der Waals surface area contributed by atoms with Crippen molar-refractivity contribution in [3.63, 3.8) is 0 Å². The number of hydrogen-bond donors (Lipinski definition) is 3. The first-order valence-corrected chi connectivity index (χ1v) is 9.28. The molecule has 3 N–H and O–H groups in total. The van der Waals surface area contributed by atoms with Crippen LogP contribution in [-0.4, -0.2) is 39.6 Å². The van der Waals surface area contributed by atoms with E-state index in [4.69, 9.17) is 9.84 Å². The molecule has 1 saturated heterocycles. The summed E-state index contributed by atoms with van der Waals surface area (Å²) in [6, 6.07) is 0. The molecule has 25 heavy (non-hydrogen) atoms. The van der Waals surface area contributed by atoms with Gasteiger partial charge < -0.3 is 20.1 Å². The Balaban J connectivity index is 1.86. The van der Waals surface area contributed by atoms with E-state index in [1.54, 1.807) is 6.08 Å². The molecule has 5 nitrogen and oxygen atoms in total. The van der Waals surface area contributed by atoms with Gasteiger partial charge in [0.2, 0.25) is 0 Å². The number of carbonyl (C=O) groups is 1. The average Bonchev–Trinajstić information content (AvgIpc) is 3.06. The van der Waals surface area contributed by atoms with Gasteiger partial charge in [-0.25, -0.2) is 0 Å². The summed E-state index contributed by atoms with van der Waals surface area (Å²) in [6.07, 6.45) is 13.2. The van der Waals surface area contributed by atoms with Gasteiger partial charge in [-0.1, -0.05) is 31.2 Å². The van der Waals surface area contributed by atoms with Crippen molar-refractivity contribution in [1.82, 2.24) is 0 Å². The smallest absolute Gasteiger partial charge is 0.303 e. The monoisotopic (exact) mass is 350 g/mol. The first kappa shape index (κ1) is 19.7. The molecule has 1 saturated carbocycles. The molecule has 1 aliphatic heterocycles. The lowest BCUT2D eigenvalue weighted by Crippen LogP contribution is -2.17. The van der Waals surface area contributed by atoms with Crippen LogP contribution in [0.4, 0.5) is 0 Å². The van der Waals surface area contributed by atoms with E-state index >= 15 is 0 Å². The lowest BCUT2D eigenvalue weighted by atomic mass is 9.90. The molecule has 0 aromatic heterocycles. The summed E-state index contributed by atoms with van der Waals surface area (Å²) >= 11 is 0. The molecule has 0 spiro atoms. The average molecular weight is 350 g/mol. The first-order chi connectivity index (χ1) is 12.0. The highest BCUT2D eigenvalue weighted by Gasteiger charge is 2.46. The molecular formula is C20H30O5. The molecule has 2 aliphatic rings. The molecule has 0 aromatic rings. The molecule has 2 fully saturated rings. The molecule has 5 atom stereocenters. The second-order valence-corrected chi connectivity index (χ2v) is 6.93. The third kappa shape index (κ3) is 6.01. The number of carboxylic acids is 1. The first-order valence-electron chi connectivity index (χ1n) is 9.28. The van der Waals surface area contributed by atoms with Crippen molar-refractivity contribution in [3.8, 4) is 0 Å². The lowest BCUT2D eigenvalue weighted by molar-refractivity contribution is -0.137. The Morgan fingerprint density at radius 1 is 1.40 bits per heavy atom. The third-order valence-electron chi connectivity index (χ3n) is 4.93. The van der Waals surface area contributed by atoms with E-state index < -0.39 is 18.2 Å². The lowest BCUT2D eigenvalue weighted by Gasteiger charge is -2.15. The van der Waals surface area contributed by atoms with Crippen molar-refractivity contribution in [2.45, 2.75) is 70.2 Å². The maximum Gasteiger partial charge on any atom is 0.303 e. The van der Waals surface area contributed by atoms with E-state index in [1.807, 2.05) is 24.3 Å². The molecule has 0 aromatic carbocycles. The molecule has 5 heteroatoms. The van der Waals surface area contributed by atoms with Gasteiger partial charge in [-0.2, -0.15) is 0 Å². The van der Waals surface area contributed by atoms with E-state index in [0.29, 0.717) is 25.7 Å².